The van der Waals surface area contributed by atoms with E-state index in [1.54, 1.807) is 25.3 Å². The van der Waals surface area contributed by atoms with Crippen molar-refractivity contribution in [3.8, 4) is 0 Å². The van der Waals surface area contributed by atoms with Crippen molar-refractivity contribution in [2.24, 2.45) is 0 Å². The van der Waals surface area contributed by atoms with Crippen molar-refractivity contribution in [1.29, 1.82) is 0 Å². The zero-order valence-corrected chi connectivity index (χ0v) is 13.3. The summed E-state index contributed by atoms with van der Waals surface area (Å²) in [5, 5.41) is 3.30. The molecule has 0 amide bonds. The number of likely N-dealkylation sites (N-methyl/N-ethyl adjacent to an activating group) is 1. The SMILES string of the molecule is C=CCN(C)S(=O)(=O)c1ccc(C)c(CNCCC)c1. The summed E-state index contributed by atoms with van der Waals surface area (Å²) in [6.45, 7) is 9.59. The molecule has 0 aliphatic heterocycles. The van der Waals surface area contributed by atoms with Crippen LogP contribution < -0.4 is 5.32 Å². The third kappa shape index (κ3) is 4.16. The Morgan fingerprint density at radius 3 is 2.70 bits per heavy atom. The zero-order valence-electron chi connectivity index (χ0n) is 12.5. The highest BCUT2D eigenvalue weighted by molar-refractivity contribution is 7.89. The summed E-state index contributed by atoms with van der Waals surface area (Å²) in [7, 11) is -1.88. The minimum Gasteiger partial charge on any atom is -0.313 e. The Morgan fingerprint density at radius 2 is 2.10 bits per heavy atom. The summed E-state index contributed by atoms with van der Waals surface area (Å²) in [6.07, 6.45) is 2.63. The zero-order chi connectivity index (χ0) is 15.2. The van der Waals surface area contributed by atoms with Crippen molar-refractivity contribution in [3.05, 3.63) is 42.0 Å². The first kappa shape index (κ1) is 16.9. The van der Waals surface area contributed by atoms with Crippen LogP contribution in [0, 0.1) is 6.92 Å². The van der Waals surface area contributed by atoms with Crippen molar-refractivity contribution >= 4 is 10.0 Å². The molecule has 0 aromatic heterocycles. The van der Waals surface area contributed by atoms with Crippen LogP contribution in [0.2, 0.25) is 0 Å². The van der Waals surface area contributed by atoms with Gasteiger partial charge >= 0.3 is 0 Å². The van der Waals surface area contributed by atoms with Crippen LogP contribution in [-0.4, -0.2) is 32.9 Å². The highest BCUT2D eigenvalue weighted by Gasteiger charge is 2.20. The van der Waals surface area contributed by atoms with Gasteiger partial charge < -0.3 is 5.32 Å². The third-order valence-electron chi connectivity index (χ3n) is 3.16. The summed E-state index contributed by atoms with van der Waals surface area (Å²) >= 11 is 0. The van der Waals surface area contributed by atoms with Crippen molar-refractivity contribution in [3.63, 3.8) is 0 Å². The molecule has 1 aromatic rings. The van der Waals surface area contributed by atoms with Crippen LogP contribution in [0.25, 0.3) is 0 Å². The first-order chi connectivity index (χ1) is 9.43. The highest BCUT2D eigenvalue weighted by Crippen LogP contribution is 2.18. The van der Waals surface area contributed by atoms with E-state index >= 15 is 0 Å². The number of sulfonamides is 1. The molecule has 20 heavy (non-hydrogen) atoms. The maximum absolute atomic E-state index is 12.4. The molecule has 4 nitrogen and oxygen atoms in total. The number of rotatable bonds is 8. The normalized spacial score (nSPS) is 11.8. The van der Waals surface area contributed by atoms with Crippen molar-refractivity contribution < 1.29 is 8.42 Å². The number of aryl methyl sites for hydroxylation is 1. The predicted molar refractivity (Wildman–Crippen MR) is 83.2 cm³/mol. The van der Waals surface area contributed by atoms with Gasteiger partial charge in [-0.05, 0) is 43.1 Å². The molecule has 0 fully saturated rings. The van der Waals surface area contributed by atoms with E-state index in [1.807, 2.05) is 13.0 Å². The Bertz CT molecular complexity index is 553. The minimum absolute atomic E-state index is 0.305. The molecule has 0 heterocycles. The second kappa shape index (κ2) is 7.57. The van der Waals surface area contributed by atoms with Gasteiger partial charge in [-0.25, -0.2) is 8.42 Å². The number of nitrogens with zero attached hydrogens (tertiary/aromatic N) is 1. The average Bonchev–Trinajstić information content (AvgIpc) is 2.41. The Kier molecular flexibility index (Phi) is 6.39. The van der Waals surface area contributed by atoms with Crippen LogP contribution >= 0.6 is 0 Å². The second-order valence-electron chi connectivity index (χ2n) is 4.84. The van der Waals surface area contributed by atoms with E-state index in [-0.39, 0.29) is 0 Å². The Labute approximate surface area is 122 Å². The summed E-state index contributed by atoms with van der Waals surface area (Å²) < 4.78 is 26.0. The van der Waals surface area contributed by atoms with Gasteiger partial charge in [0, 0.05) is 20.1 Å². The molecule has 1 rings (SSSR count). The summed E-state index contributed by atoms with van der Waals surface area (Å²) in [4.78, 5) is 0.334. The summed E-state index contributed by atoms with van der Waals surface area (Å²) in [5.74, 6) is 0. The molecule has 0 aliphatic rings. The van der Waals surface area contributed by atoms with E-state index in [0.29, 0.717) is 18.0 Å². The number of hydrogen-bond acceptors (Lipinski definition) is 3. The van der Waals surface area contributed by atoms with Crippen LogP contribution in [0.3, 0.4) is 0 Å². The highest BCUT2D eigenvalue weighted by atomic mass is 32.2. The first-order valence-electron chi connectivity index (χ1n) is 6.81. The lowest BCUT2D eigenvalue weighted by molar-refractivity contribution is 0.499. The van der Waals surface area contributed by atoms with Gasteiger partial charge in [-0.1, -0.05) is 19.1 Å². The van der Waals surface area contributed by atoms with E-state index < -0.39 is 10.0 Å². The van der Waals surface area contributed by atoms with Crippen LogP contribution in [0.1, 0.15) is 24.5 Å². The molecule has 0 spiro atoms. The van der Waals surface area contributed by atoms with Crippen LogP contribution in [-0.2, 0) is 16.6 Å². The number of nitrogens with one attached hydrogen (secondary N) is 1. The van der Waals surface area contributed by atoms with Crippen molar-refractivity contribution in [2.45, 2.75) is 31.7 Å². The molecule has 0 saturated carbocycles. The molecule has 0 atom stereocenters. The maximum Gasteiger partial charge on any atom is 0.243 e. The second-order valence-corrected chi connectivity index (χ2v) is 6.88. The Morgan fingerprint density at radius 1 is 1.40 bits per heavy atom. The van der Waals surface area contributed by atoms with E-state index in [1.165, 1.54) is 4.31 Å². The lowest BCUT2D eigenvalue weighted by Gasteiger charge is -2.16. The molecule has 5 heteroatoms. The fourth-order valence-corrected chi connectivity index (χ4v) is 3.05. The topological polar surface area (TPSA) is 49.4 Å². The van der Waals surface area contributed by atoms with Gasteiger partial charge in [0.15, 0.2) is 0 Å². The van der Waals surface area contributed by atoms with Gasteiger partial charge in [-0.2, -0.15) is 4.31 Å². The van der Waals surface area contributed by atoms with E-state index in [2.05, 4.69) is 18.8 Å². The van der Waals surface area contributed by atoms with Crippen molar-refractivity contribution in [1.82, 2.24) is 9.62 Å². The summed E-state index contributed by atoms with van der Waals surface area (Å²) in [6, 6.07) is 5.28. The largest absolute Gasteiger partial charge is 0.313 e. The fourth-order valence-electron chi connectivity index (χ4n) is 1.86. The van der Waals surface area contributed by atoms with Gasteiger partial charge in [0.1, 0.15) is 0 Å². The van der Waals surface area contributed by atoms with E-state index in [9.17, 15) is 8.42 Å². The van der Waals surface area contributed by atoms with E-state index in [4.69, 9.17) is 0 Å². The van der Waals surface area contributed by atoms with Gasteiger partial charge in [0.2, 0.25) is 10.0 Å². The monoisotopic (exact) mass is 296 g/mol. The lowest BCUT2D eigenvalue weighted by Crippen LogP contribution is -2.27. The molecule has 0 unspecified atom stereocenters. The summed E-state index contributed by atoms with van der Waals surface area (Å²) in [5.41, 5.74) is 2.12. The van der Waals surface area contributed by atoms with Crippen LogP contribution in [0.5, 0.6) is 0 Å². The fraction of sp³-hybridized carbons (Fsp3) is 0.467. The van der Waals surface area contributed by atoms with E-state index in [0.717, 1.165) is 24.1 Å². The molecule has 0 aliphatic carbocycles. The van der Waals surface area contributed by atoms with Gasteiger partial charge in [-0.15, -0.1) is 6.58 Å². The Balaban J connectivity index is 3.02. The Hall–Kier alpha value is -1.17. The standard InChI is InChI=1S/C15H24N2O2S/c1-5-9-16-12-14-11-15(8-7-13(14)3)20(18,19)17(4)10-6-2/h6-8,11,16H,2,5,9-10,12H2,1,3-4H3. The van der Waals surface area contributed by atoms with Crippen molar-refractivity contribution in [2.75, 3.05) is 20.1 Å². The van der Waals surface area contributed by atoms with Crippen LogP contribution in [0.15, 0.2) is 35.7 Å². The molecular formula is C15H24N2O2S. The smallest absolute Gasteiger partial charge is 0.243 e. The molecule has 1 N–H and O–H groups in total. The first-order valence-corrected chi connectivity index (χ1v) is 8.25. The average molecular weight is 296 g/mol. The quantitative estimate of drug-likeness (QED) is 0.591. The molecule has 1 aromatic carbocycles. The molecule has 0 saturated heterocycles. The van der Waals surface area contributed by atoms with Crippen LogP contribution in [0.4, 0.5) is 0 Å². The maximum atomic E-state index is 12.4. The van der Waals surface area contributed by atoms with Gasteiger partial charge in [0.05, 0.1) is 4.90 Å². The number of hydrogen-bond donors (Lipinski definition) is 1. The van der Waals surface area contributed by atoms with Gasteiger partial charge in [0.25, 0.3) is 0 Å². The third-order valence-corrected chi connectivity index (χ3v) is 4.98. The lowest BCUT2D eigenvalue weighted by atomic mass is 10.1. The van der Waals surface area contributed by atoms with Gasteiger partial charge in [-0.3, -0.25) is 0 Å². The number of benzene rings is 1. The predicted octanol–water partition coefficient (Wildman–Crippen LogP) is 2.30. The molecular weight excluding hydrogens is 272 g/mol. The molecule has 112 valence electrons. The molecule has 0 bridgehead atoms. The minimum atomic E-state index is -3.44. The molecule has 0 radical (unpaired) electrons.